The molecule has 4 rings (SSSR count). The monoisotopic (exact) mass is 492 g/mol. The summed E-state index contributed by atoms with van der Waals surface area (Å²) in [5, 5.41) is 11.3. The highest BCUT2D eigenvalue weighted by molar-refractivity contribution is 6.46. The summed E-state index contributed by atoms with van der Waals surface area (Å²) in [7, 11) is 0. The van der Waals surface area contributed by atoms with Crippen molar-refractivity contribution in [3.05, 3.63) is 70.8 Å². The van der Waals surface area contributed by atoms with Gasteiger partial charge in [-0.1, -0.05) is 55.8 Å². The molecule has 0 aromatic heterocycles. The average molecular weight is 493 g/mol. The van der Waals surface area contributed by atoms with Crippen LogP contribution in [0.1, 0.15) is 43.0 Å². The third-order valence-corrected chi connectivity index (χ3v) is 6.76. The predicted octanol–water partition coefficient (Wildman–Crippen LogP) is 4.17. The van der Waals surface area contributed by atoms with Crippen LogP contribution in [0.5, 0.6) is 5.75 Å². The van der Waals surface area contributed by atoms with Crippen LogP contribution in [-0.2, 0) is 14.3 Å². The standard InChI is InChI=1S/C29H36N2O5/c1-20(2)11-16-36-24-6-4-5-23(19-24)26-25(27(32)22-9-7-21(3)8-10-22)28(33)29(34)31(26)13-12-30-14-17-35-18-15-30/h4-10,19-20,26,32H,11-18H2,1-3H3/b27-25+. The number of hydrogen-bond donors (Lipinski definition) is 1. The Morgan fingerprint density at radius 1 is 1.08 bits per heavy atom. The third-order valence-electron chi connectivity index (χ3n) is 6.76. The highest BCUT2D eigenvalue weighted by Crippen LogP contribution is 2.40. The second-order valence-electron chi connectivity index (χ2n) is 9.92. The van der Waals surface area contributed by atoms with E-state index in [9.17, 15) is 14.7 Å². The lowest BCUT2D eigenvalue weighted by atomic mass is 9.95. The van der Waals surface area contributed by atoms with Gasteiger partial charge in [0.25, 0.3) is 11.7 Å². The van der Waals surface area contributed by atoms with Crippen molar-refractivity contribution in [2.24, 2.45) is 5.92 Å². The number of ketones is 1. The van der Waals surface area contributed by atoms with E-state index in [1.165, 1.54) is 0 Å². The van der Waals surface area contributed by atoms with Gasteiger partial charge >= 0.3 is 0 Å². The van der Waals surface area contributed by atoms with Crippen molar-refractivity contribution < 1.29 is 24.2 Å². The number of aryl methyl sites for hydroxylation is 1. The van der Waals surface area contributed by atoms with Gasteiger partial charge in [0.15, 0.2) is 0 Å². The first-order chi connectivity index (χ1) is 17.3. The number of amides is 1. The molecule has 0 spiro atoms. The Morgan fingerprint density at radius 2 is 1.81 bits per heavy atom. The molecule has 2 aliphatic rings. The first-order valence-electron chi connectivity index (χ1n) is 12.7. The molecule has 1 unspecified atom stereocenters. The minimum Gasteiger partial charge on any atom is -0.507 e. The quantitative estimate of drug-likeness (QED) is 0.322. The number of morpholine rings is 1. The smallest absolute Gasteiger partial charge is 0.295 e. The van der Waals surface area contributed by atoms with Crippen LogP contribution < -0.4 is 4.74 Å². The minimum absolute atomic E-state index is 0.116. The molecule has 2 heterocycles. The molecule has 2 aromatic rings. The van der Waals surface area contributed by atoms with E-state index in [-0.39, 0.29) is 11.3 Å². The molecule has 1 amide bonds. The van der Waals surface area contributed by atoms with Gasteiger partial charge in [-0.05, 0) is 37.0 Å². The second kappa shape index (κ2) is 11.7. The lowest BCUT2D eigenvalue weighted by Gasteiger charge is -2.31. The topological polar surface area (TPSA) is 79.3 Å². The Hall–Kier alpha value is -3.16. The first kappa shape index (κ1) is 25.9. The van der Waals surface area contributed by atoms with E-state index >= 15 is 0 Å². The lowest BCUT2D eigenvalue weighted by molar-refractivity contribution is -0.140. The van der Waals surface area contributed by atoms with E-state index in [4.69, 9.17) is 9.47 Å². The molecule has 2 saturated heterocycles. The molecule has 1 N–H and O–H groups in total. The van der Waals surface area contributed by atoms with Gasteiger partial charge in [-0.15, -0.1) is 0 Å². The number of benzene rings is 2. The average Bonchev–Trinajstić information content (AvgIpc) is 3.13. The summed E-state index contributed by atoms with van der Waals surface area (Å²) in [6, 6.07) is 14.1. The van der Waals surface area contributed by atoms with Crippen LogP contribution in [0.4, 0.5) is 0 Å². The van der Waals surface area contributed by atoms with Gasteiger partial charge in [0.1, 0.15) is 11.5 Å². The van der Waals surface area contributed by atoms with Crippen molar-refractivity contribution in [3.8, 4) is 5.75 Å². The van der Waals surface area contributed by atoms with Gasteiger partial charge < -0.3 is 19.5 Å². The van der Waals surface area contributed by atoms with Gasteiger partial charge in [0.05, 0.1) is 31.4 Å². The molecule has 0 saturated carbocycles. The fourth-order valence-corrected chi connectivity index (χ4v) is 4.58. The number of ether oxygens (including phenoxy) is 2. The van der Waals surface area contributed by atoms with Crippen LogP contribution in [0.15, 0.2) is 54.1 Å². The van der Waals surface area contributed by atoms with Crippen LogP contribution in [0.3, 0.4) is 0 Å². The van der Waals surface area contributed by atoms with Crippen LogP contribution in [-0.4, -0.2) is 72.6 Å². The van der Waals surface area contributed by atoms with Crippen molar-refractivity contribution >= 4 is 17.4 Å². The van der Waals surface area contributed by atoms with Crippen LogP contribution in [0.25, 0.3) is 5.76 Å². The van der Waals surface area contributed by atoms with Gasteiger partial charge in [0, 0.05) is 31.7 Å². The Kier molecular flexibility index (Phi) is 8.44. The highest BCUT2D eigenvalue weighted by atomic mass is 16.5. The number of rotatable bonds is 9. The van der Waals surface area contributed by atoms with Crippen molar-refractivity contribution in [2.75, 3.05) is 46.0 Å². The zero-order valence-electron chi connectivity index (χ0n) is 21.4. The van der Waals surface area contributed by atoms with E-state index in [0.717, 1.165) is 30.6 Å². The van der Waals surface area contributed by atoms with E-state index in [0.29, 0.717) is 50.1 Å². The van der Waals surface area contributed by atoms with E-state index in [2.05, 4.69) is 18.7 Å². The molecular formula is C29H36N2O5. The first-order valence-corrected chi connectivity index (χ1v) is 12.7. The maximum absolute atomic E-state index is 13.3. The van der Waals surface area contributed by atoms with Crippen LogP contribution in [0.2, 0.25) is 0 Å². The number of Topliss-reactive ketones (excluding diaryl/α,β-unsaturated/α-hetero) is 1. The highest BCUT2D eigenvalue weighted by Gasteiger charge is 2.46. The molecule has 192 valence electrons. The Labute approximate surface area is 213 Å². The van der Waals surface area contributed by atoms with Crippen molar-refractivity contribution in [3.63, 3.8) is 0 Å². The molecule has 2 aromatic carbocycles. The zero-order chi connectivity index (χ0) is 25.7. The number of aliphatic hydroxyl groups excluding tert-OH is 1. The fraction of sp³-hybridized carbons (Fsp3) is 0.448. The zero-order valence-corrected chi connectivity index (χ0v) is 21.4. The number of hydrogen-bond acceptors (Lipinski definition) is 6. The summed E-state index contributed by atoms with van der Waals surface area (Å²) < 4.78 is 11.4. The summed E-state index contributed by atoms with van der Waals surface area (Å²) in [5.74, 6) is -0.199. The van der Waals surface area contributed by atoms with Crippen molar-refractivity contribution in [1.82, 2.24) is 9.80 Å². The molecule has 1 atom stereocenters. The fourth-order valence-electron chi connectivity index (χ4n) is 4.58. The number of nitrogens with zero attached hydrogens (tertiary/aromatic N) is 2. The Balaban J connectivity index is 1.69. The summed E-state index contributed by atoms with van der Waals surface area (Å²) in [6.07, 6.45) is 0.926. The van der Waals surface area contributed by atoms with E-state index < -0.39 is 17.7 Å². The SMILES string of the molecule is Cc1ccc(/C(O)=C2\C(=O)C(=O)N(CCN3CCOCC3)C2c2cccc(OCCC(C)C)c2)cc1. The molecule has 7 nitrogen and oxygen atoms in total. The molecule has 0 aliphatic carbocycles. The van der Waals surface area contributed by atoms with Crippen LogP contribution >= 0.6 is 0 Å². The normalized spacial score (nSPS) is 20.3. The molecular weight excluding hydrogens is 456 g/mol. The third kappa shape index (κ3) is 5.97. The second-order valence-corrected chi connectivity index (χ2v) is 9.92. The molecule has 7 heteroatoms. The van der Waals surface area contributed by atoms with E-state index in [1.807, 2.05) is 43.3 Å². The van der Waals surface area contributed by atoms with E-state index in [1.54, 1.807) is 17.0 Å². The molecule has 2 aliphatic heterocycles. The van der Waals surface area contributed by atoms with Gasteiger partial charge in [-0.3, -0.25) is 14.5 Å². The van der Waals surface area contributed by atoms with Gasteiger partial charge in [0.2, 0.25) is 0 Å². The maximum atomic E-state index is 13.3. The maximum Gasteiger partial charge on any atom is 0.295 e. The van der Waals surface area contributed by atoms with Gasteiger partial charge in [-0.25, -0.2) is 0 Å². The predicted molar refractivity (Wildman–Crippen MR) is 139 cm³/mol. The largest absolute Gasteiger partial charge is 0.507 e. The summed E-state index contributed by atoms with van der Waals surface area (Å²) in [6.45, 7) is 10.7. The number of aliphatic hydroxyl groups is 1. The number of carbonyl (C=O) groups is 2. The Bertz CT molecular complexity index is 1100. The summed E-state index contributed by atoms with van der Waals surface area (Å²) in [5.41, 5.74) is 2.42. The Morgan fingerprint density at radius 3 is 2.50 bits per heavy atom. The minimum atomic E-state index is -0.694. The number of likely N-dealkylation sites (tertiary alicyclic amines) is 1. The van der Waals surface area contributed by atoms with Crippen LogP contribution in [0, 0.1) is 12.8 Å². The summed E-state index contributed by atoms with van der Waals surface area (Å²) in [4.78, 5) is 30.4. The van der Waals surface area contributed by atoms with Gasteiger partial charge in [-0.2, -0.15) is 0 Å². The van der Waals surface area contributed by atoms with Crippen molar-refractivity contribution in [1.29, 1.82) is 0 Å². The molecule has 36 heavy (non-hydrogen) atoms. The molecule has 0 radical (unpaired) electrons. The summed E-state index contributed by atoms with van der Waals surface area (Å²) >= 11 is 0. The van der Waals surface area contributed by atoms with Crippen molar-refractivity contribution in [2.45, 2.75) is 33.2 Å². The lowest BCUT2D eigenvalue weighted by Crippen LogP contribution is -2.42. The number of carbonyl (C=O) groups excluding carboxylic acids is 2. The molecule has 2 fully saturated rings. The molecule has 0 bridgehead atoms.